The number of halogens is 1. The number of carbonyl (C=O) groups is 1. The Morgan fingerprint density at radius 2 is 2.09 bits per heavy atom. The number of hydrogen-bond acceptors (Lipinski definition) is 3. The Bertz CT molecular complexity index is 860. The Morgan fingerprint density at radius 1 is 1.26 bits per heavy atom. The second-order valence-electron chi connectivity index (χ2n) is 5.50. The van der Waals surface area contributed by atoms with Crippen molar-refractivity contribution in [2.24, 2.45) is 0 Å². The minimum Gasteiger partial charge on any atom is -0.337 e. The van der Waals surface area contributed by atoms with Crippen LogP contribution in [0.4, 0.5) is 4.39 Å². The van der Waals surface area contributed by atoms with Crippen molar-refractivity contribution >= 4 is 16.8 Å². The number of amides is 1. The molecule has 0 saturated heterocycles. The van der Waals surface area contributed by atoms with Gasteiger partial charge in [-0.15, -0.1) is 0 Å². The fraction of sp³-hybridized carbons (Fsp3) is 0.167. The summed E-state index contributed by atoms with van der Waals surface area (Å²) in [4.78, 5) is 22.8. The molecule has 3 rings (SSSR count). The van der Waals surface area contributed by atoms with E-state index in [1.165, 1.54) is 12.1 Å². The van der Waals surface area contributed by atoms with E-state index in [9.17, 15) is 9.18 Å². The molecule has 0 aliphatic rings. The van der Waals surface area contributed by atoms with Crippen molar-refractivity contribution in [3.63, 3.8) is 0 Å². The fourth-order valence-electron chi connectivity index (χ4n) is 2.55. The van der Waals surface area contributed by atoms with Crippen molar-refractivity contribution in [2.45, 2.75) is 13.5 Å². The van der Waals surface area contributed by atoms with Gasteiger partial charge in [-0.3, -0.25) is 14.8 Å². The summed E-state index contributed by atoms with van der Waals surface area (Å²) in [7, 11) is 1.74. The van der Waals surface area contributed by atoms with E-state index in [0.717, 1.165) is 5.56 Å². The topological polar surface area (TPSA) is 46.1 Å². The normalized spacial score (nSPS) is 10.7. The van der Waals surface area contributed by atoms with Crippen LogP contribution in [0.1, 0.15) is 21.6 Å². The number of aryl methyl sites for hydroxylation is 1. The van der Waals surface area contributed by atoms with Crippen LogP contribution in [0.25, 0.3) is 10.9 Å². The first-order chi connectivity index (χ1) is 11.0. The third kappa shape index (κ3) is 3.18. The van der Waals surface area contributed by atoms with E-state index in [1.807, 2.05) is 12.1 Å². The highest BCUT2D eigenvalue weighted by Crippen LogP contribution is 2.21. The van der Waals surface area contributed by atoms with Gasteiger partial charge in [0.05, 0.1) is 11.1 Å². The monoisotopic (exact) mass is 309 g/mol. The zero-order valence-electron chi connectivity index (χ0n) is 13.0. The summed E-state index contributed by atoms with van der Waals surface area (Å²) in [5.74, 6) is -0.492. The number of nitrogens with zero attached hydrogens (tertiary/aromatic N) is 3. The molecule has 1 aromatic carbocycles. The lowest BCUT2D eigenvalue weighted by atomic mass is 10.1. The number of rotatable bonds is 3. The smallest absolute Gasteiger partial charge is 0.254 e. The highest BCUT2D eigenvalue weighted by molar-refractivity contribution is 6.06. The summed E-state index contributed by atoms with van der Waals surface area (Å²) >= 11 is 0. The highest BCUT2D eigenvalue weighted by Gasteiger charge is 2.16. The van der Waals surface area contributed by atoms with E-state index < -0.39 is 0 Å². The van der Waals surface area contributed by atoms with Crippen LogP contribution >= 0.6 is 0 Å². The standard InChI is InChI=1S/C18H16FN3O/c1-12-8-16(15-6-5-14(19)9-17(15)21-12)18(23)22(2)11-13-4-3-7-20-10-13/h3-10H,11H2,1-2H3. The van der Waals surface area contributed by atoms with Gasteiger partial charge in [-0.2, -0.15) is 0 Å². The van der Waals surface area contributed by atoms with Gasteiger partial charge in [-0.05, 0) is 36.8 Å². The predicted molar refractivity (Wildman–Crippen MR) is 86.5 cm³/mol. The lowest BCUT2D eigenvalue weighted by molar-refractivity contribution is 0.0786. The van der Waals surface area contributed by atoms with Gasteiger partial charge in [0, 0.05) is 43.1 Å². The predicted octanol–water partition coefficient (Wildman–Crippen LogP) is 3.35. The average molecular weight is 309 g/mol. The molecule has 0 saturated carbocycles. The molecule has 0 bridgehead atoms. The molecule has 2 aromatic heterocycles. The van der Waals surface area contributed by atoms with Crippen LogP contribution in [0, 0.1) is 12.7 Å². The van der Waals surface area contributed by atoms with Crippen molar-refractivity contribution in [1.29, 1.82) is 0 Å². The summed E-state index contributed by atoms with van der Waals surface area (Å²) in [6.07, 6.45) is 3.43. The van der Waals surface area contributed by atoms with E-state index in [4.69, 9.17) is 0 Å². The summed E-state index contributed by atoms with van der Waals surface area (Å²) in [5, 5.41) is 0.653. The Hall–Kier alpha value is -2.82. The largest absolute Gasteiger partial charge is 0.337 e. The van der Waals surface area contributed by atoms with Crippen molar-refractivity contribution in [2.75, 3.05) is 7.05 Å². The number of aromatic nitrogens is 2. The number of benzene rings is 1. The number of pyridine rings is 2. The van der Waals surface area contributed by atoms with Crippen LogP contribution in [-0.2, 0) is 6.54 Å². The minimum atomic E-state index is -0.363. The van der Waals surface area contributed by atoms with Crippen LogP contribution in [0.3, 0.4) is 0 Å². The quantitative estimate of drug-likeness (QED) is 0.745. The fourth-order valence-corrected chi connectivity index (χ4v) is 2.55. The SMILES string of the molecule is Cc1cc(C(=O)N(C)Cc2cccnc2)c2ccc(F)cc2n1. The van der Waals surface area contributed by atoms with E-state index in [2.05, 4.69) is 9.97 Å². The average Bonchev–Trinajstić information content (AvgIpc) is 2.53. The van der Waals surface area contributed by atoms with E-state index in [-0.39, 0.29) is 11.7 Å². The third-order valence-corrected chi connectivity index (χ3v) is 3.62. The molecular formula is C18H16FN3O. The maximum absolute atomic E-state index is 13.4. The highest BCUT2D eigenvalue weighted by atomic mass is 19.1. The molecule has 0 spiro atoms. The molecule has 3 aromatic rings. The number of fused-ring (bicyclic) bond motifs is 1. The number of carbonyl (C=O) groups excluding carboxylic acids is 1. The number of hydrogen-bond donors (Lipinski definition) is 0. The van der Waals surface area contributed by atoms with E-state index in [1.54, 1.807) is 43.4 Å². The molecule has 0 atom stereocenters. The van der Waals surface area contributed by atoms with Crippen LogP contribution in [0.5, 0.6) is 0 Å². The van der Waals surface area contributed by atoms with Crippen LogP contribution in [-0.4, -0.2) is 27.8 Å². The summed E-state index contributed by atoms with van der Waals surface area (Å²) in [6, 6.07) is 9.78. The molecule has 0 aliphatic carbocycles. The van der Waals surface area contributed by atoms with Gasteiger partial charge in [0.25, 0.3) is 5.91 Å². The zero-order chi connectivity index (χ0) is 16.4. The molecule has 0 radical (unpaired) electrons. The van der Waals surface area contributed by atoms with Gasteiger partial charge in [-0.25, -0.2) is 4.39 Å². The van der Waals surface area contributed by atoms with Gasteiger partial charge in [-0.1, -0.05) is 6.07 Å². The zero-order valence-corrected chi connectivity index (χ0v) is 13.0. The molecule has 5 heteroatoms. The molecule has 0 N–H and O–H groups in total. The molecule has 0 aliphatic heterocycles. The summed E-state index contributed by atoms with van der Waals surface area (Å²) in [6.45, 7) is 2.25. The molecule has 23 heavy (non-hydrogen) atoms. The van der Waals surface area contributed by atoms with Gasteiger partial charge in [0.1, 0.15) is 5.82 Å². The van der Waals surface area contributed by atoms with Gasteiger partial charge < -0.3 is 4.90 Å². The molecule has 0 unspecified atom stereocenters. The van der Waals surface area contributed by atoms with E-state index >= 15 is 0 Å². The first-order valence-electron chi connectivity index (χ1n) is 7.26. The minimum absolute atomic E-state index is 0.129. The molecule has 2 heterocycles. The molecular weight excluding hydrogens is 293 g/mol. The lowest BCUT2D eigenvalue weighted by Crippen LogP contribution is -2.26. The first-order valence-corrected chi connectivity index (χ1v) is 7.26. The first kappa shape index (κ1) is 15.1. The lowest BCUT2D eigenvalue weighted by Gasteiger charge is -2.18. The third-order valence-electron chi connectivity index (χ3n) is 3.62. The van der Waals surface area contributed by atoms with Crippen molar-refractivity contribution in [1.82, 2.24) is 14.9 Å². The summed E-state index contributed by atoms with van der Waals surface area (Å²) < 4.78 is 13.4. The van der Waals surface area contributed by atoms with Gasteiger partial charge >= 0.3 is 0 Å². The Kier molecular flexibility index (Phi) is 4.02. The maximum Gasteiger partial charge on any atom is 0.254 e. The second kappa shape index (κ2) is 6.12. The van der Waals surface area contributed by atoms with Crippen molar-refractivity contribution < 1.29 is 9.18 Å². The summed E-state index contributed by atoms with van der Waals surface area (Å²) in [5.41, 5.74) is 2.65. The van der Waals surface area contributed by atoms with E-state index in [0.29, 0.717) is 28.7 Å². The maximum atomic E-state index is 13.4. The molecule has 4 nitrogen and oxygen atoms in total. The van der Waals surface area contributed by atoms with Gasteiger partial charge in [0.2, 0.25) is 0 Å². The van der Waals surface area contributed by atoms with Crippen LogP contribution in [0.15, 0.2) is 48.8 Å². The van der Waals surface area contributed by atoms with Crippen LogP contribution < -0.4 is 0 Å². The van der Waals surface area contributed by atoms with Crippen molar-refractivity contribution in [3.8, 4) is 0 Å². The molecule has 116 valence electrons. The van der Waals surface area contributed by atoms with Crippen LogP contribution in [0.2, 0.25) is 0 Å². The second-order valence-corrected chi connectivity index (χ2v) is 5.50. The molecule has 0 fully saturated rings. The Morgan fingerprint density at radius 3 is 2.83 bits per heavy atom. The Balaban J connectivity index is 1.97. The van der Waals surface area contributed by atoms with Crippen molar-refractivity contribution in [3.05, 3.63) is 71.4 Å². The van der Waals surface area contributed by atoms with Gasteiger partial charge in [0.15, 0.2) is 0 Å². The molecule has 1 amide bonds. The Labute approximate surface area is 133 Å².